The van der Waals surface area contributed by atoms with Crippen LogP contribution in [0.25, 0.3) is 0 Å². The van der Waals surface area contributed by atoms with Gasteiger partial charge in [-0.05, 0) is 48.9 Å². The van der Waals surface area contributed by atoms with Crippen LogP contribution in [0.4, 0.5) is 5.69 Å². The van der Waals surface area contributed by atoms with Gasteiger partial charge in [-0.1, -0.05) is 30.0 Å². The van der Waals surface area contributed by atoms with Crippen molar-refractivity contribution in [3.05, 3.63) is 59.9 Å². The Kier molecular flexibility index (Phi) is 5.80. The first-order chi connectivity index (χ1) is 10.3. The molecule has 0 spiro atoms. The summed E-state index contributed by atoms with van der Waals surface area (Å²) in [7, 11) is 0. The number of aliphatic imine (C=N–C) groups is 1. The van der Waals surface area contributed by atoms with E-state index < -0.39 is 0 Å². The van der Waals surface area contributed by atoms with Crippen molar-refractivity contribution in [2.24, 2.45) is 4.99 Å². The van der Waals surface area contributed by atoms with Gasteiger partial charge in [0.05, 0.1) is 5.69 Å². The fourth-order valence-electron chi connectivity index (χ4n) is 1.89. The van der Waals surface area contributed by atoms with Crippen LogP contribution in [0.15, 0.2) is 53.7 Å². The summed E-state index contributed by atoms with van der Waals surface area (Å²) in [6, 6.07) is 14.0. The molecule has 4 nitrogen and oxygen atoms in total. The van der Waals surface area contributed by atoms with E-state index in [2.05, 4.69) is 21.4 Å². The number of aromatic nitrogens is 1. The van der Waals surface area contributed by atoms with Crippen molar-refractivity contribution < 1.29 is 0 Å². The maximum absolute atomic E-state index is 8.65. The quantitative estimate of drug-likeness (QED) is 0.407. The van der Waals surface area contributed by atoms with E-state index in [-0.39, 0.29) is 0 Å². The van der Waals surface area contributed by atoms with Crippen LogP contribution in [0.3, 0.4) is 0 Å². The highest BCUT2D eigenvalue weighted by Gasteiger charge is 2.00. The molecule has 2 aromatic rings. The molecule has 0 unspecified atom stereocenters. The Morgan fingerprint density at radius 1 is 1.29 bits per heavy atom. The van der Waals surface area contributed by atoms with E-state index in [9.17, 15) is 0 Å². The monoisotopic (exact) mass is 296 g/mol. The highest BCUT2D eigenvalue weighted by atomic mass is 32.2. The maximum Gasteiger partial charge on any atom is 0.183 e. The number of nitrogens with zero attached hydrogens (tertiary/aromatic N) is 3. The van der Waals surface area contributed by atoms with Crippen LogP contribution in [0.5, 0.6) is 0 Å². The van der Waals surface area contributed by atoms with Gasteiger partial charge in [-0.3, -0.25) is 10.3 Å². The second kappa shape index (κ2) is 8.08. The lowest BCUT2D eigenvalue weighted by Crippen LogP contribution is -2.12. The molecule has 0 radical (unpaired) electrons. The molecule has 1 N–H and O–H groups in total. The Balaban J connectivity index is 2.06. The van der Waals surface area contributed by atoms with Crippen LogP contribution < -0.4 is 5.32 Å². The van der Waals surface area contributed by atoms with Crippen molar-refractivity contribution in [2.75, 3.05) is 6.26 Å². The van der Waals surface area contributed by atoms with Gasteiger partial charge in [-0.15, -0.1) is 0 Å². The number of nitrogens with one attached hydrogen (secondary N) is 1. The standard InChI is InChI=1S/C16H16N4S/c1-21-16(19-12-17)20-15-7-4-5-13(11-15)8-9-14-6-2-3-10-18-14/h2-7,10-11H,8-9H2,1H3,(H,19,20). The summed E-state index contributed by atoms with van der Waals surface area (Å²) in [6.45, 7) is 0. The van der Waals surface area contributed by atoms with E-state index in [0.29, 0.717) is 5.17 Å². The van der Waals surface area contributed by atoms with E-state index in [1.165, 1.54) is 17.3 Å². The Morgan fingerprint density at radius 2 is 2.19 bits per heavy atom. The summed E-state index contributed by atoms with van der Waals surface area (Å²) in [5.74, 6) is 0. The van der Waals surface area contributed by atoms with Crippen LogP contribution in [0.2, 0.25) is 0 Å². The van der Waals surface area contributed by atoms with Crippen LogP contribution in [0.1, 0.15) is 11.3 Å². The highest BCUT2D eigenvalue weighted by molar-refractivity contribution is 8.13. The molecule has 0 saturated heterocycles. The number of thioether (sulfide) groups is 1. The molecule has 0 saturated carbocycles. The summed E-state index contributed by atoms with van der Waals surface area (Å²) in [4.78, 5) is 8.74. The molecule has 1 heterocycles. The normalized spacial score (nSPS) is 11.0. The average molecular weight is 296 g/mol. The Bertz CT molecular complexity index is 647. The van der Waals surface area contributed by atoms with Crippen LogP contribution in [-0.4, -0.2) is 16.4 Å². The number of hydrogen-bond acceptors (Lipinski definition) is 4. The zero-order valence-corrected chi connectivity index (χ0v) is 12.6. The average Bonchev–Trinajstić information content (AvgIpc) is 2.54. The minimum atomic E-state index is 0.597. The van der Waals surface area contributed by atoms with Crippen molar-refractivity contribution >= 4 is 22.6 Å². The smallest absolute Gasteiger partial charge is 0.183 e. The van der Waals surface area contributed by atoms with E-state index in [1.54, 1.807) is 0 Å². The molecule has 106 valence electrons. The van der Waals surface area contributed by atoms with Gasteiger partial charge in [0.1, 0.15) is 0 Å². The molecule has 0 atom stereocenters. The van der Waals surface area contributed by atoms with Gasteiger partial charge in [-0.25, -0.2) is 4.99 Å². The van der Waals surface area contributed by atoms with Gasteiger partial charge in [0.2, 0.25) is 0 Å². The van der Waals surface area contributed by atoms with E-state index in [1.807, 2.05) is 55.0 Å². The van der Waals surface area contributed by atoms with Crippen molar-refractivity contribution in [3.8, 4) is 6.19 Å². The van der Waals surface area contributed by atoms with Gasteiger partial charge < -0.3 is 0 Å². The van der Waals surface area contributed by atoms with Crippen molar-refractivity contribution in [1.82, 2.24) is 10.3 Å². The van der Waals surface area contributed by atoms with Gasteiger partial charge in [-0.2, -0.15) is 5.26 Å². The van der Waals surface area contributed by atoms with Gasteiger partial charge in [0.15, 0.2) is 11.4 Å². The molecule has 0 aliphatic carbocycles. The molecule has 5 heteroatoms. The van der Waals surface area contributed by atoms with E-state index in [0.717, 1.165) is 24.2 Å². The second-order valence-corrected chi connectivity index (χ2v) is 5.14. The van der Waals surface area contributed by atoms with E-state index >= 15 is 0 Å². The lowest BCUT2D eigenvalue weighted by molar-refractivity contribution is 0.914. The summed E-state index contributed by atoms with van der Waals surface area (Å²) >= 11 is 1.41. The third-order valence-corrected chi connectivity index (χ3v) is 3.47. The topological polar surface area (TPSA) is 61.1 Å². The molecular weight excluding hydrogens is 280 g/mol. The SMILES string of the molecule is CSC(=Nc1cccc(CCc2ccccn2)c1)NC#N. The number of pyridine rings is 1. The molecule has 1 aromatic heterocycles. The van der Waals surface area contributed by atoms with Crippen LogP contribution in [0, 0.1) is 11.5 Å². The van der Waals surface area contributed by atoms with Crippen molar-refractivity contribution in [1.29, 1.82) is 5.26 Å². The predicted octanol–water partition coefficient (Wildman–Crippen LogP) is 3.29. The van der Waals surface area contributed by atoms with Crippen molar-refractivity contribution in [2.45, 2.75) is 12.8 Å². The second-order valence-electron chi connectivity index (χ2n) is 4.35. The summed E-state index contributed by atoms with van der Waals surface area (Å²) in [5.41, 5.74) is 3.14. The number of amidine groups is 1. The first kappa shape index (κ1) is 15.1. The lowest BCUT2D eigenvalue weighted by Gasteiger charge is -2.04. The number of nitriles is 1. The molecule has 0 fully saturated rings. The van der Waals surface area contributed by atoms with E-state index in [4.69, 9.17) is 5.26 Å². The first-order valence-electron chi connectivity index (χ1n) is 6.58. The zero-order chi connectivity index (χ0) is 14.9. The largest absolute Gasteiger partial charge is 0.271 e. The molecule has 2 rings (SSSR count). The van der Waals surface area contributed by atoms with Crippen LogP contribution >= 0.6 is 11.8 Å². The lowest BCUT2D eigenvalue weighted by atomic mass is 10.1. The summed E-state index contributed by atoms with van der Waals surface area (Å²) in [6.07, 6.45) is 7.41. The Labute approximate surface area is 128 Å². The minimum absolute atomic E-state index is 0.597. The third kappa shape index (κ3) is 4.93. The molecule has 21 heavy (non-hydrogen) atoms. The fourth-order valence-corrected chi connectivity index (χ4v) is 2.23. The third-order valence-electron chi connectivity index (χ3n) is 2.89. The van der Waals surface area contributed by atoms with Crippen LogP contribution in [-0.2, 0) is 12.8 Å². The van der Waals surface area contributed by atoms with Gasteiger partial charge >= 0.3 is 0 Å². The Morgan fingerprint density at radius 3 is 2.90 bits per heavy atom. The summed E-state index contributed by atoms with van der Waals surface area (Å²) in [5, 5.41) is 11.8. The highest BCUT2D eigenvalue weighted by Crippen LogP contribution is 2.17. The molecule has 0 aliphatic heterocycles. The van der Waals surface area contributed by atoms with Crippen molar-refractivity contribution in [3.63, 3.8) is 0 Å². The summed E-state index contributed by atoms with van der Waals surface area (Å²) < 4.78 is 0. The molecule has 1 aromatic carbocycles. The number of aryl methyl sites for hydroxylation is 2. The predicted molar refractivity (Wildman–Crippen MR) is 87.4 cm³/mol. The molecular formula is C16H16N4S. The zero-order valence-electron chi connectivity index (χ0n) is 11.8. The van der Waals surface area contributed by atoms with Gasteiger partial charge in [0.25, 0.3) is 0 Å². The molecule has 0 amide bonds. The first-order valence-corrected chi connectivity index (χ1v) is 7.81. The molecule has 0 aliphatic rings. The Hall–Kier alpha value is -2.32. The number of benzene rings is 1. The fraction of sp³-hybridized carbons (Fsp3) is 0.188. The number of hydrogen-bond donors (Lipinski definition) is 1. The maximum atomic E-state index is 8.65. The molecule has 0 bridgehead atoms. The van der Waals surface area contributed by atoms with Gasteiger partial charge in [0, 0.05) is 11.9 Å². The minimum Gasteiger partial charge on any atom is -0.271 e. The number of rotatable bonds is 4.